The standard InChI is InChI=1S/C15H19N5O2/c1-3-4-5-15(19-20-15)6-7-17-13(21)12-10(2)22-14(18-12)11-8-16-9-11/h1,11,16H,4-9H2,2H3,(H,17,21). The summed E-state index contributed by atoms with van der Waals surface area (Å²) in [6, 6.07) is 0. The second-order valence-electron chi connectivity index (χ2n) is 5.70. The van der Waals surface area contributed by atoms with Crippen molar-refractivity contribution in [3.8, 4) is 12.3 Å². The Morgan fingerprint density at radius 2 is 2.27 bits per heavy atom. The van der Waals surface area contributed by atoms with Gasteiger partial charge in [-0.25, -0.2) is 4.98 Å². The molecule has 3 heterocycles. The first-order valence-electron chi connectivity index (χ1n) is 7.47. The Balaban J connectivity index is 1.50. The molecule has 0 aromatic carbocycles. The zero-order valence-electron chi connectivity index (χ0n) is 12.6. The van der Waals surface area contributed by atoms with Gasteiger partial charge >= 0.3 is 0 Å². The van der Waals surface area contributed by atoms with Gasteiger partial charge in [0.05, 0.1) is 5.92 Å². The molecular weight excluding hydrogens is 282 g/mol. The van der Waals surface area contributed by atoms with Gasteiger partial charge in [-0.2, -0.15) is 10.2 Å². The Morgan fingerprint density at radius 1 is 1.50 bits per heavy atom. The fourth-order valence-corrected chi connectivity index (χ4v) is 2.39. The molecule has 2 aliphatic heterocycles. The zero-order chi connectivity index (χ0) is 15.6. The maximum Gasteiger partial charge on any atom is 0.273 e. The number of carbonyl (C=O) groups excluding carboxylic acids is 1. The van der Waals surface area contributed by atoms with E-state index in [4.69, 9.17) is 10.8 Å². The normalized spacial score (nSPS) is 18.5. The largest absolute Gasteiger partial charge is 0.445 e. The monoisotopic (exact) mass is 301 g/mol. The number of nitrogens with zero attached hydrogens (tertiary/aromatic N) is 3. The highest BCUT2D eigenvalue weighted by molar-refractivity contribution is 5.93. The fraction of sp³-hybridized carbons (Fsp3) is 0.600. The van der Waals surface area contributed by atoms with Crippen LogP contribution in [0, 0.1) is 19.3 Å². The molecule has 0 spiro atoms. The Bertz CT molecular complexity index is 633. The lowest BCUT2D eigenvalue weighted by Crippen LogP contribution is -2.40. The summed E-state index contributed by atoms with van der Waals surface area (Å²) in [6.45, 7) is 3.95. The summed E-state index contributed by atoms with van der Waals surface area (Å²) in [5.41, 5.74) is -0.00869. The van der Waals surface area contributed by atoms with Gasteiger partial charge in [0.1, 0.15) is 5.76 Å². The summed E-state index contributed by atoms with van der Waals surface area (Å²) < 4.78 is 5.58. The lowest BCUT2D eigenvalue weighted by molar-refractivity contribution is 0.0946. The average Bonchev–Trinajstić information content (AvgIpc) is 3.10. The van der Waals surface area contributed by atoms with Crippen molar-refractivity contribution in [3.63, 3.8) is 0 Å². The van der Waals surface area contributed by atoms with Crippen LogP contribution in [0.2, 0.25) is 0 Å². The number of hydrogen-bond donors (Lipinski definition) is 2. The maximum absolute atomic E-state index is 12.2. The third kappa shape index (κ3) is 3.02. The van der Waals surface area contributed by atoms with E-state index in [2.05, 4.69) is 31.8 Å². The summed E-state index contributed by atoms with van der Waals surface area (Å²) in [4.78, 5) is 16.5. The number of oxazole rings is 1. The molecule has 1 amide bonds. The molecule has 116 valence electrons. The molecule has 1 fully saturated rings. The minimum atomic E-state index is -0.374. The van der Waals surface area contributed by atoms with Crippen molar-refractivity contribution in [2.45, 2.75) is 37.8 Å². The highest BCUT2D eigenvalue weighted by atomic mass is 16.4. The highest BCUT2D eigenvalue weighted by Crippen LogP contribution is 2.36. The summed E-state index contributed by atoms with van der Waals surface area (Å²) in [7, 11) is 0. The molecule has 0 bridgehead atoms. The van der Waals surface area contributed by atoms with E-state index in [1.807, 2.05) is 0 Å². The van der Waals surface area contributed by atoms with Crippen molar-refractivity contribution >= 4 is 5.91 Å². The van der Waals surface area contributed by atoms with Crippen LogP contribution in [0.5, 0.6) is 0 Å². The predicted molar refractivity (Wildman–Crippen MR) is 79.5 cm³/mol. The Morgan fingerprint density at radius 3 is 2.86 bits per heavy atom. The third-order valence-electron chi connectivity index (χ3n) is 4.02. The maximum atomic E-state index is 12.2. The van der Waals surface area contributed by atoms with Crippen molar-refractivity contribution in [3.05, 3.63) is 17.3 Å². The van der Waals surface area contributed by atoms with Gasteiger partial charge in [-0.05, 0) is 6.92 Å². The number of nitrogens with one attached hydrogen (secondary N) is 2. The van der Waals surface area contributed by atoms with Crippen molar-refractivity contribution < 1.29 is 9.21 Å². The summed E-state index contributed by atoms with van der Waals surface area (Å²) in [5, 5.41) is 14.1. The van der Waals surface area contributed by atoms with Crippen LogP contribution in [-0.2, 0) is 0 Å². The van der Waals surface area contributed by atoms with Gasteiger partial charge < -0.3 is 15.1 Å². The molecule has 3 rings (SSSR count). The van der Waals surface area contributed by atoms with Crippen molar-refractivity contribution in [1.29, 1.82) is 0 Å². The molecule has 1 aromatic heterocycles. The van der Waals surface area contributed by atoms with Crippen molar-refractivity contribution in [2.24, 2.45) is 10.2 Å². The molecule has 0 aliphatic carbocycles. The first-order valence-corrected chi connectivity index (χ1v) is 7.47. The summed E-state index contributed by atoms with van der Waals surface area (Å²) in [5.74, 6) is 3.84. The van der Waals surface area contributed by atoms with E-state index in [1.165, 1.54) is 0 Å². The molecule has 1 saturated heterocycles. The minimum Gasteiger partial charge on any atom is -0.445 e. The Labute approximate surface area is 129 Å². The van der Waals surface area contributed by atoms with E-state index < -0.39 is 0 Å². The van der Waals surface area contributed by atoms with Gasteiger partial charge in [-0.3, -0.25) is 4.79 Å². The van der Waals surface area contributed by atoms with Gasteiger partial charge in [-0.15, -0.1) is 12.3 Å². The zero-order valence-corrected chi connectivity index (χ0v) is 12.6. The van der Waals surface area contributed by atoms with Crippen LogP contribution < -0.4 is 10.6 Å². The van der Waals surface area contributed by atoms with Gasteiger partial charge in [0.15, 0.2) is 11.4 Å². The SMILES string of the molecule is C#CCCC1(CCNC(=O)c2nc(C3CNC3)oc2C)N=N1. The van der Waals surface area contributed by atoms with Crippen molar-refractivity contribution in [1.82, 2.24) is 15.6 Å². The van der Waals surface area contributed by atoms with E-state index in [9.17, 15) is 4.79 Å². The number of aromatic nitrogens is 1. The lowest BCUT2D eigenvalue weighted by atomic mass is 10.0. The van der Waals surface area contributed by atoms with Crippen LogP contribution >= 0.6 is 0 Å². The molecule has 0 unspecified atom stereocenters. The molecule has 0 saturated carbocycles. The number of rotatable bonds is 7. The molecular formula is C15H19N5O2. The smallest absolute Gasteiger partial charge is 0.273 e. The van der Waals surface area contributed by atoms with Gasteiger partial charge in [-0.1, -0.05) is 0 Å². The molecule has 22 heavy (non-hydrogen) atoms. The number of carbonyl (C=O) groups is 1. The highest BCUT2D eigenvalue weighted by Gasteiger charge is 2.38. The third-order valence-corrected chi connectivity index (χ3v) is 4.02. The molecule has 2 aliphatic rings. The van der Waals surface area contributed by atoms with Gasteiger partial charge in [0, 0.05) is 38.9 Å². The topological polar surface area (TPSA) is 91.9 Å². The molecule has 2 N–H and O–H groups in total. The van der Waals surface area contributed by atoms with Crippen LogP contribution in [0.25, 0.3) is 0 Å². The van der Waals surface area contributed by atoms with Crippen LogP contribution in [0.4, 0.5) is 0 Å². The predicted octanol–water partition coefficient (Wildman–Crippen LogP) is 1.37. The van der Waals surface area contributed by atoms with Crippen LogP contribution in [0.15, 0.2) is 14.6 Å². The number of hydrogen-bond acceptors (Lipinski definition) is 6. The first-order chi connectivity index (χ1) is 10.6. The van der Waals surface area contributed by atoms with E-state index in [0.717, 1.165) is 19.5 Å². The fourth-order valence-electron chi connectivity index (χ4n) is 2.39. The van der Waals surface area contributed by atoms with E-state index in [1.54, 1.807) is 6.92 Å². The van der Waals surface area contributed by atoms with E-state index >= 15 is 0 Å². The first kappa shape index (κ1) is 14.7. The Hall–Kier alpha value is -2.20. The van der Waals surface area contributed by atoms with Crippen LogP contribution in [-0.4, -0.2) is 36.2 Å². The molecule has 7 heteroatoms. The quantitative estimate of drug-likeness (QED) is 0.744. The van der Waals surface area contributed by atoms with Crippen molar-refractivity contribution in [2.75, 3.05) is 19.6 Å². The second-order valence-corrected chi connectivity index (χ2v) is 5.70. The molecule has 7 nitrogen and oxygen atoms in total. The molecule has 0 atom stereocenters. The molecule has 0 radical (unpaired) electrons. The minimum absolute atomic E-state index is 0.215. The summed E-state index contributed by atoms with van der Waals surface area (Å²) >= 11 is 0. The second kappa shape index (κ2) is 5.89. The number of aryl methyl sites for hydroxylation is 1. The van der Waals surface area contributed by atoms with Crippen LogP contribution in [0.1, 0.15) is 47.3 Å². The summed E-state index contributed by atoms with van der Waals surface area (Å²) in [6.07, 6.45) is 7.29. The van der Waals surface area contributed by atoms with Crippen LogP contribution in [0.3, 0.4) is 0 Å². The van der Waals surface area contributed by atoms with Gasteiger partial charge in [0.25, 0.3) is 5.91 Å². The van der Waals surface area contributed by atoms with E-state index in [0.29, 0.717) is 36.7 Å². The average molecular weight is 301 g/mol. The number of amides is 1. The Kier molecular flexibility index (Phi) is 3.94. The van der Waals surface area contributed by atoms with E-state index in [-0.39, 0.29) is 17.5 Å². The van der Waals surface area contributed by atoms with Gasteiger partial charge in [0.2, 0.25) is 5.89 Å². The number of terminal acetylenes is 1. The lowest BCUT2D eigenvalue weighted by Gasteiger charge is -2.23. The molecule has 1 aromatic rings.